The summed E-state index contributed by atoms with van der Waals surface area (Å²) in [6, 6.07) is 0. The van der Waals surface area contributed by atoms with Crippen LogP contribution in [0.1, 0.15) is 27.7 Å². The third-order valence-electron chi connectivity index (χ3n) is 3.74. The molecule has 0 bridgehead atoms. The Bertz CT molecular complexity index is 466. The molecule has 3 N–H and O–H groups in total. The Morgan fingerprint density at radius 1 is 1.56 bits per heavy atom. The molecule has 2 aliphatic heterocycles. The zero-order chi connectivity index (χ0) is 13.9. The van der Waals surface area contributed by atoms with Gasteiger partial charge in [0.25, 0.3) is 5.91 Å². The summed E-state index contributed by atoms with van der Waals surface area (Å²) < 4.78 is 0. The third-order valence-corrected chi connectivity index (χ3v) is 5.24. The lowest BCUT2D eigenvalue weighted by molar-refractivity contribution is -0.161. The van der Waals surface area contributed by atoms with Crippen LogP contribution in [0, 0.1) is 5.41 Å². The van der Waals surface area contributed by atoms with Crippen LogP contribution < -0.4 is 5.73 Å². The average molecular weight is 270 g/mol. The fourth-order valence-corrected chi connectivity index (χ4v) is 4.04. The van der Waals surface area contributed by atoms with Gasteiger partial charge in [-0.15, -0.1) is 11.8 Å². The van der Waals surface area contributed by atoms with Gasteiger partial charge in [-0.3, -0.25) is 9.69 Å². The summed E-state index contributed by atoms with van der Waals surface area (Å²) in [6.45, 7) is 7.48. The number of carboxylic acids is 1. The highest BCUT2D eigenvalue weighted by atomic mass is 32.2. The second-order valence-corrected chi connectivity index (χ2v) is 6.96. The first-order valence-electron chi connectivity index (χ1n) is 5.79. The van der Waals surface area contributed by atoms with E-state index in [0.717, 1.165) is 0 Å². The number of hydrogen-bond donors (Lipinski definition) is 2. The number of thioether (sulfide) groups is 1. The van der Waals surface area contributed by atoms with Gasteiger partial charge in [0, 0.05) is 5.75 Å². The molecule has 1 unspecified atom stereocenters. The van der Waals surface area contributed by atoms with Crippen molar-refractivity contribution in [3.05, 3.63) is 11.3 Å². The largest absolute Gasteiger partial charge is 0.477 e. The molecule has 0 aromatic heterocycles. The highest BCUT2D eigenvalue weighted by Gasteiger charge is 2.66. The van der Waals surface area contributed by atoms with Crippen LogP contribution in [0.2, 0.25) is 0 Å². The third kappa shape index (κ3) is 1.45. The number of nitrogens with zero attached hydrogens (tertiary/aromatic N) is 1. The Morgan fingerprint density at radius 3 is 2.56 bits per heavy atom. The van der Waals surface area contributed by atoms with E-state index in [0.29, 0.717) is 11.3 Å². The van der Waals surface area contributed by atoms with Crippen molar-refractivity contribution in [3.8, 4) is 0 Å². The Kier molecular flexibility index (Phi) is 2.79. The van der Waals surface area contributed by atoms with Crippen molar-refractivity contribution in [2.45, 2.75) is 38.6 Å². The molecule has 1 amide bonds. The molecule has 0 saturated carbocycles. The maximum Gasteiger partial charge on any atom is 0.352 e. The topological polar surface area (TPSA) is 83.6 Å². The number of hydrogen-bond acceptors (Lipinski definition) is 4. The van der Waals surface area contributed by atoms with Gasteiger partial charge in [-0.1, -0.05) is 20.8 Å². The molecular formula is C12H18N2O3S. The van der Waals surface area contributed by atoms with Gasteiger partial charge in [-0.25, -0.2) is 4.79 Å². The number of carbonyl (C=O) groups is 2. The van der Waals surface area contributed by atoms with E-state index in [1.54, 1.807) is 6.92 Å². The molecular weight excluding hydrogens is 252 g/mol. The minimum atomic E-state index is -1.05. The van der Waals surface area contributed by atoms with E-state index in [1.165, 1.54) is 16.7 Å². The summed E-state index contributed by atoms with van der Waals surface area (Å²) in [6.07, 6.45) is 0. The van der Waals surface area contributed by atoms with Gasteiger partial charge in [0.2, 0.25) is 0 Å². The first-order valence-corrected chi connectivity index (χ1v) is 6.84. The Balaban J connectivity index is 2.44. The molecule has 1 fully saturated rings. The normalized spacial score (nSPS) is 32.2. The minimum absolute atomic E-state index is 0.106. The van der Waals surface area contributed by atoms with E-state index in [2.05, 4.69) is 0 Å². The molecule has 18 heavy (non-hydrogen) atoms. The van der Waals surface area contributed by atoms with Gasteiger partial charge in [0.1, 0.15) is 16.6 Å². The zero-order valence-corrected chi connectivity index (χ0v) is 11.8. The lowest BCUT2D eigenvalue weighted by Crippen LogP contribution is -2.82. The van der Waals surface area contributed by atoms with E-state index in [1.807, 2.05) is 20.8 Å². The van der Waals surface area contributed by atoms with E-state index in [-0.39, 0.29) is 17.0 Å². The van der Waals surface area contributed by atoms with Crippen molar-refractivity contribution in [1.29, 1.82) is 0 Å². The van der Waals surface area contributed by atoms with Gasteiger partial charge < -0.3 is 10.8 Å². The van der Waals surface area contributed by atoms with Crippen molar-refractivity contribution < 1.29 is 14.7 Å². The number of amides is 1. The quantitative estimate of drug-likeness (QED) is 0.695. The number of fused-ring (bicyclic) bond motifs is 1. The fourth-order valence-electron chi connectivity index (χ4n) is 2.43. The summed E-state index contributed by atoms with van der Waals surface area (Å²) in [5.74, 6) is -0.739. The lowest BCUT2D eigenvalue weighted by Gasteiger charge is -2.60. The van der Waals surface area contributed by atoms with Gasteiger partial charge in [-0.05, 0) is 17.9 Å². The number of aliphatic carboxylic acids is 1. The first kappa shape index (κ1) is 13.4. The van der Waals surface area contributed by atoms with Crippen LogP contribution in [0.5, 0.6) is 0 Å². The van der Waals surface area contributed by atoms with Crippen molar-refractivity contribution in [1.82, 2.24) is 4.90 Å². The maximum atomic E-state index is 12.3. The highest BCUT2D eigenvalue weighted by Crippen LogP contribution is 2.51. The standard InChI is InChI=1S/C12H18N2O3S/c1-6-5-18-10-12(13,11(2,3)4)9(17)14(10)7(6)8(15)16/h10H,5,13H2,1-4H3,(H,15,16)/t10-,12?/m0/s1. The smallest absolute Gasteiger partial charge is 0.352 e. The number of carboxylic acid groups (broad SMARTS) is 1. The molecule has 2 aliphatic rings. The summed E-state index contributed by atoms with van der Waals surface area (Å²) in [5.41, 5.74) is 5.70. The molecule has 0 aromatic carbocycles. The molecule has 0 aromatic rings. The summed E-state index contributed by atoms with van der Waals surface area (Å²) in [5, 5.41) is 8.94. The molecule has 0 aliphatic carbocycles. The van der Waals surface area contributed by atoms with Gasteiger partial charge >= 0.3 is 5.97 Å². The number of rotatable bonds is 1. The van der Waals surface area contributed by atoms with Crippen LogP contribution in [0.4, 0.5) is 0 Å². The molecule has 100 valence electrons. The van der Waals surface area contributed by atoms with Gasteiger partial charge in [0.15, 0.2) is 0 Å². The second kappa shape index (κ2) is 3.74. The van der Waals surface area contributed by atoms with Crippen LogP contribution in [0.15, 0.2) is 11.3 Å². The molecule has 0 radical (unpaired) electrons. The van der Waals surface area contributed by atoms with E-state index in [4.69, 9.17) is 5.73 Å². The van der Waals surface area contributed by atoms with Crippen LogP contribution in [0.3, 0.4) is 0 Å². The van der Waals surface area contributed by atoms with Crippen LogP contribution in [-0.2, 0) is 9.59 Å². The molecule has 2 atom stereocenters. The molecule has 0 spiro atoms. The average Bonchev–Trinajstić information content (AvgIpc) is 2.25. The van der Waals surface area contributed by atoms with Crippen LogP contribution >= 0.6 is 11.8 Å². The maximum absolute atomic E-state index is 12.3. The number of β-lactam (4-membered cyclic amide) rings is 1. The van der Waals surface area contributed by atoms with Crippen LogP contribution in [-0.4, -0.2) is 38.5 Å². The monoisotopic (exact) mass is 270 g/mol. The number of carbonyl (C=O) groups excluding carboxylic acids is 1. The van der Waals surface area contributed by atoms with Crippen LogP contribution in [0.25, 0.3) is 0 Å². The molecule has 2 rings (SSSR count). The van der Waals surface area contributed by atoms with E-state index < -0.39 is 16.9 Å². The van der Waals surface area contributed by atoms with Gasteiger partial charge in [0.05, 0.1) is 0 Å². The van der Waals surface area contributed by atoms with Crippen molar-refractivity contribution >= 4 is 23.6 Å². The number of nitrogens with two attached hydrogens (primary N) is 1. The fraction of sp³-hybridized carbons (Fsp3) is 0.667. The Labute approximate surface area is 110 Å². The predicted molar refractivity (Wildman–Crippen MR) is 69.8 cm³/mol. The van der Waals surface area contributed by atoms with Crippen molar-refractivity contribution in [2.24, 2.45) is 11.1 Å². The van der Waals surface area contributed by atoms with Crippen molar-refractivity contribution in [2.75, 3.05) is 5.75 Å². The molecule has 1 saturated heterocycles. The molecule has 2 heterocycles. The van der Waals surface area contributed by atoms with E-state index in [9.17, 15) is 14.7 Å². The predicted octanol–water partition coefficient (Wildman–Crippen LogP) is 1.00. The Hall–Kier alpha value is -1.01. The zero-order valence-electron chi connectivity index (χ0n) is 11.0. The molecule has 5 nitrogen and oxygen atoms in total. The minimum Gasteiger partial charge on any atom is -0.477 e. The SMILES string of the molecule is CC1=C(C(=O)O)N2C(=O)C(N)(C(C)(C)C)[C@@H]2SC1. The first-order chi connectivity index (χ1) is 8.12. The van der Waals surface area contributed by atoms with Crippen molar-refractivity contribution in [3.63, 3.8) is 0 Å². The Morgan fingerprint density at radius 2 is 2.11 bits per heavy atom. The summed E-state index contributed by atoms with van der Waals surface area (Å²) in [4.78, 5) is 24.9. The summed E-state index contributed by atoms with van der Waals surface area (Å²) >= 11 is 1.54. The van der Waals surface area contributed by atoms with E-state index >= 15 is 0 Å². The summed E-state index contributed by atoms with van der Waals surface area (Å²) in [7, 11) is 0. The lowest BCUT2D eigenvalue weighted by atomic mass is 9.68. The highest BCUT2D eigenvalue weighted by molar-refractivity contribution is 8.00. The van der Waals surface area contributed by atoms with Gasteiger partial charge in [-0.2, -0.15) is 0 Å². The molecule has 6 heteroatoms. The second-order valence-electron chi connectivity index (χ2n) is 5.89.